The summed E-state index contributed by atoms with van der Waals surface area (Å²) in [6, 6.07) is 0. The van der Waals surface area contributed by atoms with Crippen LogP contribution in [0.25, 0.3) is 0 Å². The highest BCUT2D eigenvalue weighted by Gasteiger charge is 2.29. The molecule has 0 aliphatic heterocycles. The highest BCUT2D eigenvalue weighted by molar-refractivity contribution is 7.89. The van der Waals surface area contributed by atoms with Gasteiger partial charge in [0.25, 0.3) is 20.2 Å². The summed E-state index contributed by atoms with van der Waals surface area (Å²) in [4.78, 5) is 0. The molecule has 0 radical (unpaired) electrons. The van der Waals surface area contributed by atoms with E-state index in [4.69, 9.17) is 0 Å². The Balaban J connectivity index is 4.81. The van der Waals surface area contributed by atoms with Gasteiger partial charge in [-0.1, -0.05) is 13.3 Å². The molecule has 0 aromatic rings. The first-order chi connectivity index (χ1) is 6.73. The molecule has 0 aromatic heterocycles. The summed E-state index contributed by atoms with van der Waals surface area (Å²) in [6.07, 6.45) is 1.36. The van der Waals surface area contributed by atoms with Crippen LogP contribution >= 0.6 is 0 Å². The molecule has 0 heterocycles. The van der Waals surface area contributed by atoms with Crippen LogP contribution in [0.2, 0.25) is 0 Å². The molecule has 0 amide bonds. The maximum Gasteiger partial charge on any atom is 0.296 e. The van der Waals surface area contributed by atoms with E-state index in [9.17, 15) is 16.8 Å². The van der Waals surface area contributed by atoms with Gasteiger partial charge in [-0.05, 0) is 13.3 Å². The summed E-state index contributed by atoms with van der Waals surface area (Å²) in [5.41, 5.74) is -1.45. The molecule has 0 spiro atoms. The minimum absolute atomic E-state index is 0.0460. The van der Waals surface area contributed by atoms with E-state index in [2.05, 4.69) is 8.37 Å². The first-order valence-electron chi connectivity index (χ1n) is 4.49. The average Bonchev–Trinajstić information content (AvgIpc) is 2.01. The molecule has 0 aliphatic rings. The lowest BCUT2D eigenvalue weighted by molar-refractivity contribution is 0.232. The molecule has 0 saturated heterocycles. The molecule has 6 nitrogen and oxygen atoms in total. The van der Waals surface area contributed by atoms with E-state index in [0.29, 0.717) is 6.42 Å². The molecule has 0 fully saturated rings. The summed E-state index contributed by atoms with van der Waals surface area (Å²) in [6.45, 7) is 3.18. The Kier molecular flexibility index (Phi) is 5.71. The Hall–Kier alpha value is -0.180. The van der Waals surface area contributed by atoms with Gasteiger partial charge < -0.3 is 0 Å². The molecule has 0 aromatic carbocycles. The zero-order chi connectivity index (χ0) is 12.1. The largest absolute Gasteiger partial charge is 0.296 e. The fourth-order valence-electron chi connectivity index (χ4n) is 0.911. The molecule has 1 unspecified atom stereocenters. The Morgan fingerprint density at radius 2 is 1.67 bits per heavy atom. The molecule has 0 rings (SSSR count). The van der Waals surface area contributed by atoms with Crippen molar-refractivity contribution in [2.75, 3.05) is 12.9 Å². The van der Waals surface area contributed by atoms with Crippen LogP contribution < -0.4 is 0 Å². The van der Waals surface area contributed by atoms with E-state index in [1.54, 1.807) is 6.92 Å². The summed E-state index contributed by atoms with van der Waals surface area (Å²) in [7, 11) is -7.78. The Morgan fingerprint density at radius 1 is 1.13 bits per heavy atom. The molecule has 0 N–H and O–H groups in total. The third-order valence-corrected chi connectivity index (χ3v) is 3.65. The minimum atomic E-state index is -3.97. The third kappa shape index (κ3) is 6.08. The highest BCUT2D eigenvalue weighted by Crippen LogP contribution is 2.14. The molecule has 1 atom stereocenters. The standard InChI is InChI=1S/C7H16O6S2/c1-4-6-7(13-14(3,8)9)15(10,11)12-5-2/h7H,4-6H2,1-3H3. The van der Waals surface area contributed by atoms with Crippen LogP contribution in [0.5, 0.6) is 0 Å². The van der Waals surface area contributed by atoms with E-state index in [1.165, 1.54) is 6.92 Å². The van der Waals surface area contributed by atoms with Crippen LogP contribution in [-0.2, 0) is 28.6 Å². The lowest BCUT2D eigenvalue weighted by Gasteiger charge is -2.15. The summed E-state index contributed by atoms with van der Waals surface area (Å²) in [5, 5.41) is 0. The fourth-order valence-corrected chi connectivity index (χ4v) is 3.22. The van der Waals surface area contributed by atoms with Crippen molar-refractivity contribution in [2.45, 2.75) is 32.1 Å². The topological polar surface area (TPSA) is 86.7 Å². The SMILES string of the molecule is CCCC(OS(C)(=O)=O)S(=O)(=O)OCC. The fraction of sp³-hybridized carbons (Fsp3) is 1.00. The van der Waals surface area contributed by atoms with Gasteiger partial charge in [-0.25, -0.2) is 4.18 Å². The first kappa shape index (κ1) is 14.8. The normalized spacial score (nSPS) is 15.1. The smallest absolute Gasteiger partial charge is 0.268 e. The van der Waals surface area contributed by atoms with Gasteiger partial charge in [0.2, 0.25) is 5.44 Å². The second-order valence-corrected chi connectivity index (χ2v) is 6.27. The molecular formula is C7H16O6S2. The van der Waals surface area contributed by atoms with E-state index in [-0.39, 0.29) is 13.0 Å². The van der Waals surface area contributed by atoms with Gasteiger partial charge in [-0.15, -0.1) is 0 Å². The van der Waals surface area contributed by atoms with Crippen LogP contribution in [0.15, 0.2) is 0 Å². The predicted octanol–water partition coefficient (Wildman–Crippen LogP) is 0.455. The van der Waals surface area contributed by atoms with E-state index < -0.39 is 25.7 Å². The van der Waals surface area contributed by atoms with Crippen LogP contribution in [0.3, 0.4) is 0 Å². The zero-order valence-corrected chi connectivity index (χ0v) is 10.6. The van der Waals surface area contributed by atoms with Crippen molar-refractivity contribution < 1.29 is 25.2 Å². The van der Waals surface area contributed by atoms with Crippen molar-refractivity contribution in [1.29, 1.82) is 0 Å². The van der Waals surface area contributed by atoms with Gasteiger partial charge in [0.15, 0.2) is 0 Å². The monoisotopic (exact) mass is 260 g/mol. The predicted molar refractivity (Wildman–Crippen MR) is 55.2 cm³/mol. The molecule has 15 heavy (non-hydrogen) atoms. The van der Waals surface area contributed by atoms with Gasteiger partial charge in [0.1, 0.15) is 0 Å². The lowest BCUT2D eigenvalue weighted by atomic mass is 10.4. The van der Waals surface area contributed by atoms with Gasteiger partial charge >= 0.3 is 0 Å². The molecule has 0 bridgehead atoms. The highest BCUT2D eigenvalue weighted by atomic mass is 32.2. The van der Waals surface area contributed by atoms with Crippen molar-refractivity contribution >= 4 is 20.2 Å². The number of hydrogen-bond acceptors (Lipinski definition) is 6. The summed E-state index contributed by atoms with van der Waals surface area (Å²) < 4.78 is 53.4. The van der Waals surface area contributed by atoms with Crippen LogP contribution in [0.1, 0.15) is 26.7 Å². The molecular weight excluding hydrogens is 244 g/mol. The summed E-state index contributed by atoms with van der Waals surface area (Å²) in [5.74, 6) is 0. The third-order valence-electron chi connectivity index (χ3n) is 1.41. The van der Waals surface area contributed by atoms with E-state index in [0.717, 1.165) is 6.26 Å². The Morgan fingerprint density at radius 3 is 2.00 bits per heavy atom. The summed E-state index contributed by atoms with van der Waals surface area (Å²) >= 11 is 0. The second-order valence-electron chi connectivity index (χ2n) is 2.92. The van der Waals surface area contributed by atoms with Gasteiger partial charge in [-0.3, -0.25) is 4.18 Å². The number of rotatable bonds is 7. The lowest BCUT2D eigenvalue weighted by Crippen LogP contribution is -2.28. The van der Waals surface area contributed by atoms with Crippen molar-refractivity contribution in [3.8, 4) is 0 Å². The van der Waals surface area contributed by atoms with Crippen molar-refractivity contribution in [3.05, 3.63) is 0 Å². The average molecular weight is 260 g/mol. The van der Waals surface area contributed by atoms with E-state index >= 15 is 0 Å². The van der Waals surface area contributed by atoms with Crippen molar-refractivity contribution in [3.63, 3.8) is 0 Å². The van der Waals surface area contributed by atoms with Crippen molar-refractivity contribution in [1.82, 2.24) is 0 Å². The Labute approximate surface area is 90.8 Å². The molecule has 92 valence electrons. The van der Waals surface area contributed by atoms with Crippen molar-refractivity contribution in [2.24, 2.45) is 0 Å². The van der Waals surface area contributed by atoms with Crippen LogP contribution in [0.4, 0.5) is 0 Å². The molecule has 0 aliphatic carbocycles. The van der Waals surface area contributed by atoms with Gasteiger partial charge in [0.05, 0.1) is 12.9 Å². The zero-order valence-electron chi connectivity index (χ0n) is 8.96. The second kappa shape index (κ2) is 5.78. The quantitative estimate of drug-likeness (QED) is 0.618. The number of hydrogen-bond donors (Lipinski definition) is 0. The first-order valence-corrected chi connectivity index (χ1v) is 7.78. The van der Waals surface area contributed by atoms with Crippen LogP contribution in [0, 0.1) is 0 Å². The van der Waals surface area contributed by atoms with E-state index in [1.807, 2.05) is 0 Å². The van der Waals surface area contributed by atoms with Crippen LogP contribution in [-0.4, -0.2) is 35.1 Å². The molecule has 8 heteroatoms. The molecule has 0 saturated carbocycles. The van der Waals surface area contributed by atoms with Gasteiger partial charge in [0, 0.05) is 0 Å². The Bertz CT molecular complexity index is 368. The maximum absolute atomic E-state index is 11.4. The maximum atomic E-state index is 11.4. The minimum Gasteiger partial charge on any atom is -0.268 e. The van der Waals surface area contributed by atoms with Gasteiger partial charge in [-0.2, -0.15) is 16.8 Å².